The highest BCUT2D eigenvalue weighted by molar-refractivity contribution is 4.79. The lowest BCUT2D eigenvalue weighted by atomic mass is 10.1. The van der Waals surface area contributed by atoms with E-state index in [-0.39, 0.29) is 0 Å². The highest BCUT2D eigenvalue weighted by Gasteiger charge is 2.23. The van der Waals surface area contributed by atoms with E-state index in [0.717, 1.165) is 4.90 Å². The summed E-state index contributed by atoms with van der Waals surface area (Å²) in [4.78, 5) is 1.14. The van der Waals surface area contributed by atoms with Crippen LogP contribution in [0, 0.1) is 0 Å². The minimum Gasteiger partial charge on any atom is -0.298 e. The highest BCUT2D eigenvalue weighted by Crippen LogP contribution is 2.19. The van der Waals surface area contributed by atoms with Gasteiger partial charge in [0.2, 0.25) is 0 Å². The maximum atomic E-state index is 7.74. The molecule has 0 amide bonds. The molecule has 1 fully saturated rings. The lowest BCUT2D eigenvalue weighted by Gasteiger charge is -2.31. The average Bonchev–Trinajstić information content (AvgIpc) is 2.09. The van der Waals surface area contributed by atoms with Crippen molar-refractivity contribution in [2.24, 2.45) is 0 Å². The van der Waals surface area contributed by atoms with Crippen LogP contribution in [0.1, 0.15) is 41.8 Å². The highest BCUT2D eigenvalue weighted by atomic mass is 15.2. The molecule has 0 bridgehead atoms. The third-order valence-electron chi connectivity index (χ3n) is 1.21. The average molecular weight is 133 g/mol. The maximum absolute atomic E-state index is 7.74. The summed E-state index contributed by atoms with van der Waals surface area (Å²) in [6.07, 6.45) is -3.69. The number of hydrogen-bond donors (Lipinski definition) is 0. The summed E-state index contributed by atoms with van der Waals surface area (Å²) in [5, 5.41) is 0. The van der Waals surface area contributed by atoms with E-state index < -0.39 is 31.3 Å². The Morgan fingerprint density at radius 2 is 2.11 bits per heavy atom. The van der Waals surface area contributed by atoms with Crippen LogP contribution in [0.25, 0.3) is 0 Å². The second-order valence-corrected chi connectivity index (χ2v) is 3.11. The Bertz CT molecular complexity index is 258. The number of hydrogen-bond acceptors (Lipinski definition) is 1. The minimum absolute atomic E-state index is 0.668. The van der Waals surface area contributed by atoms with Gasteiger partial charge in [-0.2, -0.15) is 0 Å². The monoisotopic (exact) mass is 133 g/mol. The van der Waals surface area contributed by atoms with Gasteiger partial charge in [-0.25, -0.2) is 0 Å². The maximum Gasteiger partial charge on any atom is 0.0431 e. The molecular formula is C8H17N. The molecule has 0 saturated carbocycles. The third kappa shape index (κ3) is 1.68. The van der Waals surface area contributed by atoms with Crippen molar-refractivity contribution in [1.29, 1.82) is 0 Å². The predicted molar refractivity (Wildman–Crippen MR) is 40.6 cm³/mol. The van der Waals surface area contributed by atoms with Crippen LogP contribution in [0.5, 0.6) is 0 Å². The van der Waals surface area contributed by atoms with E-state index in [9.17, 15) is 0 Å². The van der Waals surface area contributed by atoms with Gasteiger partial charge >= 0.3 is 0 Å². The molecule has 2 unspecified atom stereocenters. The Morgan fingerprint density at radius 1 is 1.44 bits per heavy atom. The minimum atomic E-state index is -2.14. The predicted octanol–water partition coefficient (Wildman–Crippen LogP) is 1.88. The zero-order valence-corrected chi connectivity index (χ0v) is 6.10. The van der Waals surface area contributed by atoms with Gasteiger partial charge in [-0.05, 0) is 46.6 Å². The smallest absolute Gasteiger partial charge is 0.0431 e. The van der Waals surface area contributed by atoms with Crippen LogP contribution in [0.15, 0.2) is 0 Å². The Labute approximate surface area is 66.5 Å². The van der Waals surface area contributed by atoms with Crippen LogP contribution in [-0.4, -0.2) is 23.5 Å². The van der Waals surface area contributed by atoms with Crippen molar-refractivity contribution in [3.63, 3.8) is 0 Å². The molecule has 1 heterocycles. The first-order chi connectivity index (χ1) is 6.43. The summed E-state index contributed by atoms with van der Waals surface area (Å²) in [6, 6.07) is 0. The topological polar surface area (TPSA) is 3.24 Å². The summed E-state index contributed by atoms with van der Waals surface area (Å²) in [7, 11) is 0. The summed E-state index contributed by atoms with van der Waals surface area (Å²) < 4.78 is 45.9. The fourth-order valence-electron chi connectivity index (χ4n) is 0.643. The number of likely N-dealkylation sites (tertiary alicyclic amines) is 1. The van der Waals surface area contributed by atoms with Crippen LogP contribution in [-0.2, 0) is 0 Å². The van der Waals surface area contributed by atoms with Crippen LogP contribution < -0.4 is 0 Å². The van der Waals surface area contributed by atoms with Crippen molar-refractivity contribution in [3.8, 4) is 0 Å². The van der Waals surface area contributed by atoms with E-state index in [2.05, 4.69) is 0 Å². The van der Waals surface area contributed by atoms with Gasteiger partial charge in [0.25, 0.3) is 0 Å². The van der Waals surface area contributed by atoms with Crippen LogP contribution in [0.4, 0.5) is 0 Å². The van der Waals surface area contributed by atoms with Crippen LogP contribution in [0.2, 0.25) is 0 Å². The number of rotatable bonds is 0. The van der Waals surface area contributed by atoms with Gasteiger partial charge in [-0.1, -0.05) is 0 Å². The third-order valence-corrected chi connectivity index (χ3v) is 1.21. The van der Waals surface area contributed by atoms with Gasteiger partial charge in [0, 0.05) is 13.8 Å². The summed E-state index contributed by atoms with van der Waals surface area (Å²) in [5.74, 6) is 0. The fraction of sp³-hybridized carbons (Fsp3) is 1.00. The Kier molecular flexibility index (Phi) is 0.647. The molecule has 1 heteroatoms. The van der Waals surface area contributed by atoms with E-state index in [1.54, 1.807) is 20.8 Å². The van der Waals surface area contributed by atoms with Gasteiger partial charge in [0.05, 0.1) is 0 Å². The second-order valence-electron chi connectivity index (χ2n) is 3.11. The van der Waals surface area contributed by atoms with E-state index in [4.69, 9.17) is 8.22 Å². The molecule has 1 saturated heterocycles. The van der Waals surface area contributed by atoms with Crippen molar-refractivity contribution >= 4 is 0 Å². The molecule has 54 valence electrons. The van der Waals surface area contributed by atoms with Crippen LogP contribution in [0.3, 0.4) is 0 Å². The van der Waals surface area contributed by atoms with Crippen molar-refractivity contribution in [2.45, 2.75) is 39.1 Å². The van der Waals surface area contributed by atoms with Gasteiger partial charge in [-0.15, -0.1) is 0 Å². The standard InChI is InChI=1S/C8H17N/c1-8(2,3)9-6-4-5-7-9/h4-7H2,1-3H3/i4D,5D2,6D2,7D. The Balaban J connectivity index is 3.20. The zero-order valence-electron chi connectivity index (χ0n) is 12.1. The Hall–Kier alpha value is -0.0400. The lowest BCUT2D eigenvalue weighted by molar-refractivity contribution is 0.175. The van der Waals surface area contributed by atoms with E-state index in [0.29, 0.717) is 0 Å². The fourth-order valence-corrected chi connectivity index (χ4v) is 0.643. The summed E-state index contributed by atoms with van der Waals surface area (Å²) in [5.41, 5.74) is -0.668. The van der Waals surface area contributed by atoms with E-state index in [1.165, 1.54) is 0 Å². The first kappa shape index (κ1) is 2.54. The molecule has 0 spiro atoms. The number of nitrogens with zero attached hydrogens (tertiary/aromatic N) is 1. The molecule has 0 radical (unpaired) electrons. The van der Waals surface area contributed by atoms with Crippen molar-refractivity contribution in [3.05, 3.63) is 0 Å². The quantitative estimate of drug-likeness (QED) is 0.487. The molecule has 1 aliphatic heterocycles. The largest absolute Gasteiger partial charge is 0.298 e. The first-order valence-electron chi connectivity index (χ1n) is 6.23. The van der Waals surface area contributed by atoms with Gasteiger partial charge in [-0.3, -0.25) is 4.90 Å². The second kappa shape index (κ2) is 2.30. The molecule has 1 aliphatic rings. The normalized spacial score (nSPS) is 60.3. The molecule has 1 nitrogen and oxygen atoms in total. The first-order valence-corrected chi connectivity index (χ1v) is 3.07. The lowest BCUT2D eigenvalue weighted by Crippen LogP contribution is -2.38. The molecule has 0 aromatic heterocycles. The molecule has 0 aliphatic carbocycles. The van der Waals surface area contributed by atoms with Crippen molar-refractivity contribution in [1.82, 2.24) is 4.90 Å². The summed E-state index contributed by atoms with van der Waals surface area (Å²) in [6.45, 7) is 1.73. The summed E-state index contributed by atoms with van der Waals surface area (Å²) >= 11 is 0. The molecule has 0 aromatic rings. The molecule has 0 aromatic carbocycles. The van der Waals surface area contributed by atoms with Crippen LogP contribution >= 0.6 is 0 Å². The molecule has 2 atom stereocenters. The van der Waals surface area contributed by atoms with Gasteiger partial charge in [0.15, 0.2) is 0 Å². The van der Waals surface area contributed by atoms with Crippen molar-refractivity contribution in [2.75, 3.05) is 13.0 Å². The van der Waals surface area contributed by atoms with E-state index >= 15 is 0 Å². The Morgan fingerprint density at radius 3 is 2.33 bits per heavy atom. The molecular weight excluding hydrogens is 110 g/mol. The van der Waals surface area contributed by atoms with E-state index in [1.807, 2.05) is 0 Å². The van der Waals surface area contributed by atoms with Gasteiger partial charge < -0.3 is 0 Å². The molecule has 1 rings (SSSR count). The van der Waals surface area contributed by atoms with Crippen molar-refractivity contribution < 1.29 is 8.22 Å². The zero-order chi connectivity index (χ0) is 12.2. The SMILES string of the molecule is [2H]C1N(C(C)(C)C)C([2H])([2H])C([2H])C1([2H])[2H]. The van der Waals surface area contributed by atoms with Gasteiger partial charge in [0.1, 0.15) is 0 Å². The molecule has 0 N–H and O–H groups in total. The molecule has 9 heavy (non-hydrogen) atoms.